The van der Waals surface area contributed by atoms with Crippen molar-refractivity contribution in [3.63, 3.8) is 0 Å². The SMILES string of the molecule is CCC(C)(CN)C(=O)N[C@@H](CC(=O)OC)C(=O)O. The number of hydrogen-bond donors (Lipinski definition) is 3. The predicted molar refractivity (Wildman–Crippen MR) is 63.7 cm³/mol. The van der Waals surface area contributed by atoms with Crippen LogP contribution in [0, 0.1) is 5.41 Å². The molecule has 18 heavy (non-hydrogen) atoms. The van der Waals surface area contributed by atoms with Crippen molar-refractivity contribution in [2.75, 3.05) is 13.7 Å². The number of carbonyl (C=O) groups excluding carboxylic acids is 2. The Bertz CT molecular complexity index is 325. The van der Waals surface area contributed by atoms with E-state index in [2.05, 4.69) is 10.1 Å². The summed E-state index contributed by atoms with van der Waals surface area (Å²) in [4.78, 5) is 33.9. The lowest BCUT2D eigenvalue weighted by Crippen LogP contribution is -2.50. The van der Waals surface area contributed by atoms with E-state index in [1.807, 2.05) is 0 Å². The van der Waals surface area contributed by atoms with E-state index in [0.29, 0.717) is 6.42 Å². The van der Waals surface area contributed by atoms with E-state index in [9.17, 15) is 14.4 Å². The highest BCUT2D eigenvalue weighted by molar-refractivity contribution is 5.89. The van der Waals surface area contributed by atoms with Crippen molar-refractivity contribution >= 4 is 17.8 Å². The number of hydrogen-bond acceptors (Lipinski definition) is 5. The molecular formula is C11H20N2O5. The van der Waals surface area contributed by atoms with Crippen molar-refractivity contribution < 1.29 is 24.2 Å². The van der Waals surface area contributed by atoms with E-state index >= 15 is 0 Å². The fourth-order valence-corrected chi connectivity index (χ4v) is 1.18. The number of amides is 1. The van der Waals surface area contributed by atoms with Gasteiger partial charge in [0.2, 0.25) is 5.91 Å². The molecule has 1 unspecified atom stereocenters. The van der Waals surface area contributed by atoms with E-state index < -0.39 is 35.7 Å². The average Bonchev–Trinajstić information content (AvgIpc) is 2.36. The Labute approximate surface area is 106 Å². The molecule has 0 heterocycles. The lowest BCUT2D eigenvalue weighted by molar-refractivity contribution is -0.149. The number of rotatable bonds is 7. The van der Waals surface area contributed by atoms with Crippen LogP contribution in [-0.2, 0) is 19.1 Å². The molecule has 0 spiro atoms. The number of carboxylic acids is 1. The first-order valence-electron chi connectivity index (χ1n) is 5.61. The first-order valence-corrected chi connectivity index (χ1v) is 5.61. The van der Waals surface area contributed by atoms with Gasteiger partial charge in [-0.25, -0.2) is 4.79 Å². The van der Waals surface area contributed by atoms with Crippen LogP contribution in [0.2, 0.25) is 0 Å². The van der Waals surface area contributed by atoms with Gasteiger partial charge in [0.05, 0.1) is 18.9 Å². The van der Waals surface area contributed by atoms with Gasteiger partial charge < -0.3 is 20.9 Å². The normalized spacial score (nSPS) is 15.3. The molecular weight excluding hydrogens is 240 g/mol. The van der Waals surface area contributed by atoms with Gasteiger partial charge in [-0.2, -0.15) is 0 Å². The van der Waals surface area contributed by atoms with Crippen LogP contribution in [-0.4, -0.2) is 42.6 Å². The first kappa shape index (κ1) is 16.4. The summed E-state index contributed by atoms with van der Waals surface area (Å²) in [6.07, 6.45) is 0.0574. The first-order chi connectivity index (χ1) is 8.30. The Morgan fingerprint density at radius 2 is 2.00 bits per heavy atom. The average molecular weight is 260 g/mol. The molecule has 0 aromatic heterocycles. The minimum absolute atomic E-state index is 0.0971. The maximum atomic E-state index is 11.9. The third-order valence-electron chi connectivity index (χ3n) is 2.98. The highest BCUT2D eigenvalue weighted by Crippen LogP contribution is 2.19. The van der Waals surface area contributed by atoms with Gasteiger partial charge in [0.1, 0.15) is 6.04 Å². The Morgan fingerprint density at radius 3 is 2.33 bits per heavy atom. The zero-order valence-corrected chi connectivity index (χ0v) is 10.9. The fraction of sp³-hybridized carbons (Fsp3) is 0.727. The smallest absolute Gasteiger partial charge is 0.326 e. The minimum atomic E-state index is -1.30. The molecule has 0 rings (SSSR count). The lowest BCUT2D eigenvalue weighted by Gasteiger charge is -2.26. The number of nitrogens with one attached hydrogen (secondary N) is 1. The predicted octanol–water partition coefficient (Wildman–Crippen LogP) is -0.506. The number of nitrogens with two attached hydrogens (primary N) is 1. The standard InChI is InChI=1S/C11H20N2O5/c1-4-11(2,6-12)10(17)13-7(9(15)16)5-8(14)18-3/h7H,4-6,12H2,1-3H3,(H,13,17)(H,15,16)/t7-,11?/m0/s1. The molecule has 2 atom stereocenters. The number of esters is 1. The number of carbonyl (C=O) groups is 3. The molecule has 7 heteroatoms. The minimum Gasteiger partial charge on any atom is -0.480 e. The largest absolute Gasteiger partial charge is 0.480 e. The Hall–Kier alpha value is -1.63. The zero-order valence-electron chi connectivity index (χ0n) is 10.9. The number of carboxylic acid groups (broad SMARTS) is 1. The summed E-state index contributed by atoms with van der Waals surface area (Å²) >= 11 is 0. The van der Waals surface area contributed by atoms with Gasteiger partial charge in [-0.1, -0.05) is 6.92 Å². The van der Waals surface area contributed by atoms with Crippen molar-refractivity contribution in [1.29, 1.82) is 0 Å². The van der Waals surface area contributed by atoms with Gasteiger partial charge in [-0.05, 0) is 13.3 Å². The molecule has 0 aromatic carbocycles. The van der Waals surface area contributed by atoms with Gasteiger partial charge >= 0.3 is 11.9 Å². The molecule has 0 aliphatic heterocycles. The summed E-state index contributed by atoms with van der Waals surface area (Å²) in [5.74, 6) is -2.47. The van der Waals surface area contributed by atoms with Crippen molar-refractivity contribution in [1.82, 2.24) is 5.32 Å². The van der Waals surface area contributed by atoms with Gasteiger partial charge in [0, 0.05) is 6.54 Å². The molecule has 4 N–H and O–H groups in total. The van der Waals surface area contributed by atoms with Crippen LogP contribution in [0.1, 0.15) is 26.7 Å². The van der Waals surface area contributed by atoms with Gasteiger partial charge in [-0.15, -0.1) is 0 Å². The van der Waals surface area contributed by atoms with E-state index in [1.165, 1.54) is 0 Å². The quantitative estimate of drug-likeness (QED) is 0.531. The summed E-state index contributed by atoms with van der Waals surface area (Å²) < 4.78 is 4.37. The van der Waals surface area contributed by atoms with Crippen molar-refractivity contribution in [2.45, 2.75) is 32.7 Å². The highest BCUT2D eigenvalue weighted by Gasteiger charge is 2.33. The van der Waals surface area contributed by atoms with E-state index in [0.717, 1.165) is 7.11 Å². The van der Waals surface area contributed by atoms with Gasteiger partial charge in [0.15, 0.2) is 0 Å². The topological polar surface area (TPSA) is 119 Å². The Kier molecular flexibility index (Phi) is 6.32. The second kappa shape index (κ2) is 6.95. The fourth-order valence-electron chi connectivity index (χ4n) is 1.18. The maximum Gasteiger partial charge on any atom is 0.326 e. The van der Waals surface area contributed by atoms with Crippen molar-refractivity contribution in [3.05, 3.63) is 0 Å². The third-order valence-corrected chi connectivity index (χ3v) is 2.98. The molecule has 0 fully saturated rings. The Balaban J connectivity index is 4.74. The maximum absolute atomic E-state index is 11.9. The summed E-state index contributed by atoms with van der Waals surface area (Å²) in [6, 6.07) is -1.30. The van der Waals surface area contributed by atoms with Crippen LogP contribution in [0.3, 0.4) is 0 Å². The molecule has 0 aliphatic rings. The summed E-state index contributed by atoms with van der Waals surface area (Å²) in [5.41, 5.74) is 4.65. The van der Waals surface area contributed by atoms with E-state index in [4.69, 9.17) is 10.8 Å². The number of ether oxygens (including phenoxy) is 1. The monoisotopic (exact) mass is 260 g/mol. The molecule has 1 amide bonds. The molecule has 0 saturated heterocycles. The molecule has 0 aromatic rings. The van der Waals surface area contributed by atoms with Crippen molar-refractivity contribution in [3.8, 4) is 0 Å². The van der Waals surface area contributed by atoms with Crippen LogP contribution >= 0.6 is 0 Å². The summed E-state index contributed by atoms with van der Waals surface area (Å²) in [5, 5.41) is 11.2. The molecule has 0 saturated carbocycles. The van der Waals surface area contributed by atoms with Gasteiger partial charge in [-0.3, -0.25) is 9.59 Å². The number of aliphatic carboxylic acids is 1. The van der Waals surface area contributed by atoms with Crippen LogP contribution in [0.4, 0.5) is 0 Å². The van der Waals surface area contributed by atoms with E-state index in [-0.39, 0.29) is 6.54 Å². The van der Waals surface area contributed by atoms with Crippen LogP contribution in [0.15, 0.2) is 0 Å². The van der Waals surface area contributed by atoms with Gasteiger partial charge in [0.25, 0.3) is 0 Å². The van der Waals surface area contributed by atoms with Crippen LogP contribution in [0.25, 0.3) is 0 Å². The molecule has 0 bridgehead atoms. The molecule has 7 nitrogen and oxygen atoms in total. The van der Waals surface area contributed by atoms with Crippen LogP contribution < -0.4 is 11.1 Å². The Morgan fingerprint density at radius 1 is 1.44 bits per heavy atom. The number of methoxy groups -OCH3 is 1. The molecule has 0 radical (unpaired) electrons. The zero-order chi connectivity index (χ0) is 14.3. The third kappa shape index (κ3) is 4.33. The van der Waals surface area contributed by atoms with Crippen molar-refractivity contribution in [2.24, 2.45) is 11.1 Å². The summed E-state index contributed by atoms with van der Waals surface area (Å²) in [7, 11) is 1.15. The second-order valence-corrected chi connectivity index (χ2v) is 4.26. The highest BCUT2D eigenvalue weighted by atomic mass is 16.5. The summed E-state index contributed by atoms with van der Waals surface area (Å²) in [6.45, 7) is 3.52. The molecule has 104 valence electrons. The van der Waals surface area contributed by atoms with Crippen LogP contribution in [0.5, 0.6) is 0 Å². The molecule has 0 aliphatic carbocycles. The lowest BCUT2D eigenvalue weighted by atomic mass is 9.86. The van der Waals surface area contributed by atoms with E-state index in [1.54, 1.807) is 13.8 Å². The second-order valence-electron chi connectivity index (χ2n) is 4.26.